The average molecular weight is 339 g/mol. The largest absolute Gasteiger partial charge is 0.494 e. The summed E-state index contributed by atoms with van der Waals surface area (Å²) in [7, 11) is 0. The predicted molar refractivity (Wildman–Crippen MR) is 94.4 cm³/mol. The van der Waals surface area contributed by atoms with Crippen LogP contribution in [0.4, 0.5) is 5.69 Å². The van der Waals surface area contributed by atoms with E-state index in [0.29, 0.717) is 23.6 Å². The van der Waals surface area contributed by atoms with Crippen molar-refractivity contribution >= 4 is 17.4 Å². The number of aliphatic hydroxyl groups is 1. The molecule has 0 saturated heterocycles. The first kappa shape index (κ1) is 17.2. The Morgan fingerprint density at radius 1 is 1.16 bits per heavy atom. The lowest BCUT2D eigenvalue weighted by molar-refractivity contribution is -0.141. The molecule has 3 rings (SSSR count). The van der Waals surface area contributed by atoms with E-state index in [1.807, 2.05) is 37.3 Å². The van der Waals surface area contributed by atoms with Gasteiger partial charge in [-0.2, -0.15) is 0 Å². The van der Waals surface area contributed by atoms with Gasteiger partial charge in [0.2, 0.25) is 0 Å². The van der Waals surface area contributed by atoms with Crippen LogP contribution in [0, 0.1) is 0 Å². The van der Waals surface area contributed by atoms with Gasteiger partial charge in [0.1, 0.15) is 11.5 Å². The fourth-order valence-corrected chi connectivity index (χ4v) is 3.30. The standard InChI is InChI=1S/C20H21NO4/c1-3-25-18-11-7-4-8-15(18)13-21-17-10-6-5-9-16(17)20(24,19(21)23)12-14(2)22/h4-11,24H,3,12-13H2,1-2H3. The van der Waals surface area contributed by atoms with Crippen LogP contribution >= 0.6 is 0 Å². The summed E-state index contributed by atoms with van der Waals surface area (Å²) in [6, 6.07) is 14.6. The van der Waals surface area contributed by atoms with Crippen molar-refractivity contribution in [2.75, 3.05) is 11.5 Å². The summed E-state index contributed by atoms with van der Waals surface area (Å²) in [5.74, 6) is -0.00490. The molecule has 1 unspecified atom stereocenters. The van der Waals surface area contributed by atoms with E-state index in [4.69, 9.17) is 4.74 Å². The van der Waals surface area contributed by atoms with Gasteiger partial charge in [-0.25, -0.2) is 0 Å². The zero-order valence-electron chi connectivity index (χ0n) is 14.4. The molecule has 2 aromatic rings. The summed E-state index contributed by atoms with van der Waals surface area (Å²) in [5, 5.41) is 11.0. The van der Waals surface area contributed by atoms with Crippen LogP contribution in [-0.4, -0.2) is 23.4 Å². The third-order valence-electron chi connectivity index (χ3n) is 4.35. The summed E-state index contributed by atoms with van der Waals surface area (Å²) in [6.45, 7) is 4.07. The predicted octanol–water partition coefficient (Wildman–Crippen LogP) is 2.80. The second-order valence-corrected chi connectivity index (χ2v) is 6.19. The Balaban J connectivity index is 2.01. The first-order valence-electron chi connectivity index (χ1n) is 8.31. The molecule has 2 aromatic carbocycles. The van der Waals surface area contributed by atoms with Gasteiger partial charge in [-0.3, -0.25) is 9.59 Å². The van der Waals surface area contributed by atoms with Crippen LogP contribution in [0.3, 0.4) is 0 Å². The average Bonchev–Trinajstić information content (AvgIpc) is 2.78. The first-order chi connectivity index (χ1) is 12.0. The van der Waals surface area contributed by atoms with Crippen LogP contribution in [0.2, 0.25) is 0 Å². The Hall–Kier alpha value is -2.66. The van der Waals surface area contributed by atoms with Gasteiger partial charge in [-0.05, 0) is 26.0 Å². The van der Waals surface area contributed by atoms with E-state index in [-0.39, 0.29) is 18.7 Å². The molecule has 0 bridgehead atoms. The maximum absolute atomic E-state index is 13.0. The molecule has 1 N–H and O–H groups in total. The van der Waals surface area contributed by atoms with Crippen molar-refractivity contribution < 1.29 is 19.4 Å². The fourth-order valence-electron chi connectivity index (χ4n) is 3.30. The summed E-state index contributed by atoms with van der Waals surface area (Å²) in [5.41, 5.74) is 0.148. The smallest absolute Gasteiger partial charge is 0.264 e. The quantitative estimate of drug-likeness (QED) is 0.879. The highest BCUT2D eigenvalue weighted by Gasteiger charge is 2.50. The van der Waals surface area contributed by atoms with Gasteiger partial charge >= 0.3 is 0 Å². The van der Waals surface area contributed by atoms with Crippen LogP contribution in [0.25, 0.3) is 0 Å². The van der Waals surface area contributed by atoms with Crippen molar-refractivity contribution in [1.29, 1.82) is 0 Å². The van der Waals surface area contributed by atoms with Crippen LogP contribution in [0.5, 0.6) is 5.75 Å². The molecule has 0 saturated carbocycles. The van der Waals surface area contributed by atoms with E-state index >= 15 is 0 Å². The van der Waals surface area contributed by atoms with Crippen molar-refractivity contribution in [3.8, 4) is 5.75 Å². The molecule has 25 heavy (non-hydrogen) atoms. The van der Waals surface area contributed by atoms with Crippen LogP contribution < -0.4 is 9.64 Å². The Labute approximate surface area is 146 Å². The molecule has 0 spiro atoms. The number of para-hydroxylation sites is 2. The minimum atomic E-state index is -1.80. The molecule has 1 aliphatic rings. The number of Topliss-reactive ketones (excluding diaryl/α,β-unsaturated/α-hetero) is 1. The monoisotopic (exact) mass is 339 g/mol. The molecule has 130 valence electrons. The topological polar surface area (TPSA) is 66.8 Å². The molecule has 5 heteroatoms. The summed E-state index contributed by atoms with van der Waals surface area (Å²) in [4.78, 5) is 26.1. The number of nitrogens with zero attached hydrogens (tertiary/aromatic N) is 1. The number of rotatable bonds is 6. The molecular formula is C20H21NO4. The zero-order chi connectivity index (χ0) is 18.0. The molecular weight excluding hydrogens is 318 g/mol. The second kappa shape index (κ2) is 6.69. The number of hydrogen-bond donors (Lipinski definition) is 1. The summed E-state index contributed by atoms with van der Waals surface area (Å²) >= 11 is 0. The Morgan fingerprint density at radius 3 is 2.56 bits per heavy atom. The van der Waals surface area contributed by atoms with E-state index in [0.717, 1.165) is 5.56 Å². The van der Waals surface area contributed by atoms with E-state index in [9.17, 15) is 14.7 Å². The van der Waals surface area contributed by atoms with E-state index in [1.54, 1.807) is 18.2 Å². The molecule has 0 fully saturated rings. The van der Waals surface area contributed by atoms with Gasteiger partial charge in [-0.1, -0.05) is 36.4 Å². The molecule has 0 aromatic heterocycles. The number of hydrogen-bond acceptors (Lipinski definition) is 4. The second-order valence-electron chi connectivity index (χ2n) is 6.19. The molecule has 1 amide bonds. The highest BCUT2D eigenvalue weighted by Crippen LogP contribution is 2.43. The maximum Gasteiger partial charge on any atom is 0.264 e. The first-order valence-corrected chi connectivity index (χ1v) is 8.31. The third-order valence-corrected chi connectivity index (χ3v) is 4.35. The molecule has 5 nitrogen and oxygen atoms in total. The number of ether oxygens (including phenoxy) is 1. The normalized spacial score (nSPS) is 19.0. The van der Waals surface area contributed by atoms with Gasteiger partial charge in [0.15, 0.2) is 5.60 Å². The number of fused-ring (bicyclic) bond motifs is 1. The lowest BCUT2D eigenvalue weighted by Gasteiger charge is -2.23. The SMILES string of the molecule is CCOc1ccccc1CN1C(=O)C(O)(CC(C)=O)c2ccccc21. The Kier molecular flexibility index (Phi) is 4.59. The number of amides is 1. The summed E-state index contributed by atoms with van der Waals surface area (Å²) in [6.07, 6.45) is -0.230. The van der Waals surface area contributed by atoms with Gasteiger partial charge in [0, 0.05) is 17.5 Å². The van der Waals surface area contributed by atoms with Crippen molar-refractivity contribution in [3.63, 3.8) is 0 Å². The van der Waals surface area contributed by atoms with Gasteiger partial charge in [-0.15, -0.1) is 0 Å². The number of ketones is 1. The Bertz CT molecular complexity index is 817. The third kappa shape index (κ3) is 3.03. The van der Waals surface area contributed by atoms with Crippen molar-refractivity contribution in [1.82, 2.24) is 0 Å². The van der Waals surface area contributed by atoms with E-state index in [2.05, 4.69) is 0 Å². The van der Waals surface area contributed by atoms with Crippen LogP contribution in [-0.2, 0) is 21.7 Å². The zero-order valence-corrected chi connectivity index (χ0v) is 14.4. The Morgan fingerprint density at radius 2 is 1.84 bits per heavy atom. The maximum atomic E-state index is 13.0. The summed E-state index contributed by atoms with van der Waals surface area (Å²) < 4.78 is 5.63. The lowest BCUT2D eigenvalue weighted by atomic mass is 9.90. The van der Waals surface area contributed by atoms with Crippen molar-refractivity contribution in [2.24, 2.45) is 0 Å². The number of benzene rings is 2. The highest BCUT2D eigenvalue weighted by molar-refractivity contribution is 6.08. The van der Waals surface area contributed by atoms with E-state index < -0.39 is 11.5 Å². The minimum Gasteiger partial charge on any atom is -0.494 e. The molecule has 1 aliphatic heterocycles. The fraction of sp³-hybridized carbons (Fsp3) is 0.300. The lowest BCUT2D eigenvalue weighted by Crippen LogP contribution is -2.41. The molecule has 0 aliphatic carbocycles. The highest BCUT2D eigenvalue weighted by atomic mass is 16.5. The van der Waals surface area contributed by atoms with Crippen molar-refractivity contribution in [2.45, 2.75) is 32.4 Å². The van der Waals surface area contributed by atoms with E-state index in [1.165, 1.54) is 11.8 Å². The van der Waals surface area contributed by atoms with Crippen LogP contribution in [0.1, 0.15) is 31.4 Å². The van der Waals surface area contributed by atoms with Crippen molar-refractivity contribution in [3.05, 3.63) is 59.7 Å². The number of anilines is 1. The van der Waals surface area contributed by atoms with Crippen LogP contribution in [0.15, 0.2) is 48.5 Å². The van der Waals surface area contributed by atoms with Gasteiger partial charge < -0.3 is 14.7 Å². The molecule has 1 atom stereocenters. The molecule has 0 radical (unpaired) electrons. The number of carbonyl (C=O) groups excluding carboxylic acids is 2. The molecule has 1 heterocycles. The van der Waals surface area contributed by atoms with Gasteiger partial charge in [0.25, 0.3) is 5.91 Å². The van der Waals surface area contributed by atoms with Gasteiger partial charge in [0.05, 0.1) is 18.8 Å². The minimum absolute atomic E-state index is 0.230. The number of carbonyl (C=O) groups is 2.